The molecular formula is C15H16ClNO2. The van der Waals surface area contributed by atoms with Gasteiger partial charge in [-0.25, -0.2) is 0 Å². The number of aliphatic hydroxyl groups excluding tert-OH is 1. The predicted octanol–water partition coefficient (Wildman–Crippen LogP) is 3.68. The number of nitrogens with zero attached hydrogens (tertiary/aromatic N) is 1. The minimum absolute atomic E-state index is 0.351. The molecule has 2 rings (SSSR count). The van der Waals surface area contributed by atoms with Crippen LogP contribution in [-0.2, 0) is 6.61 Å². The van der Waals surface area contributed by atoms with Gasteiger partial charge in [-0.2, -0.15) is 0 Å². The Bertz CT molecular complexity index is 570. The second-order valence-corrected chi connectivity index (χ2v) is 4.88. The van der Waals surface area contributed by atoms with Crippen LogP contribution in [0, 0.1) is 6.92 Å². The van der Waals surface area contributed by atoms with Crippen molar-refractivity contribution >= 4 is 11.6 Å². The number of aryl methyl sites for hydroxylation is 1. The molecule has 0 fully saturated rings. The topological polar surface area (TPSA) is 42.4 Å². The Labute approximate surface area is 117 Å². The molecule has 0 aliphatic rings. The van der Waals surface area contributed by atoms with Crippen LogP contribution in [0.4, 0.5) is 0 Å². The SMILES string of the molecule is Cc1ccc(OCc2ccncc2Cl)c([C@H](C)O)c1. The highest BCUT2D eigenvalue weighted by Gasteiger charge is 2.10. The van der Waals surface area contributed by atoms with Gasteiger partial charge in [0.1, 0.15) is 12.4 Å². The Morgan fingerprint density at radius 1 is 1.37 bits per heavy atom. The van der Waals surface area contributed by atoms with E-state index in [0.29, 0.717) is 17.4 Å². The van der Waals surface area contributed by atoms with Gasteiger partial charge in [-0.15, -0.1) is 0 Å². The van der Waals surface area contributed by atoms with Gasteiger partial charge in [0, 0.05) is 23.5 Å². The van der Waals surface area contributed by atoms with Crippen LogP contribution in [0.2, 0.25) is 5.02 Å². The molecule has 0 bridgehead atoms. The number of pyridine rings is 1. The summed E-state index contributed by atoms with van der Waals surface area (Å²) in [6, 6.07) is 7.56. The molecule has 0 saturated heterocycles. The fraction of sp³-hybridized carbons (Fsp3) is 0.267. The molecule has 0 saturated carbocycles. The lowest BCUT2D eigenvalue weighted by Gasteiger charge is -2.14. The van der Waals surface area contributed by atoms with Crippen molar-refractivity contribution in [3.8, 4) is 5.75 Å². The Morgan fingerprint density at radius 2 is 2.16 bits per heavy atom. The van der Waals surface area contributed by atoms with Crippen molar-refractivity contribution in [2.45, 2.75) is 26.6 Å². The van der Waals surface area contributed by atoms with E-state index in [0.717, 1.165) is 16.7 Å². The maximum atomic E-state index is 9.76. The summed E-state index contributed by atoms with van der Waals surface area (Å²) in [4.78, 5) is 3.93. The molecule has 0 aliphatic heterocycles. The molecule has 1 aromatic heterocycles. The van der Waals surface area contributed by atoms with Crippen LogP contribution in [0.1, 0.15) is 29.7 Å². The van der Waals surface area contributed by atoms with E-state index in [1.807, 2.05) is 31.2 Å². The molecule has 0 amide bonds. The Kier molecular flexibility index (Phi) is 4.40. The maximum Gasteiger partial charge on any atom is 0.125 e. The Morgan fingerprint density at radius 3 is 2.84 bits per heavy atom. The largest absolute Gasteiger partial charge is 0.488 e. The van der Waals surface area contributed by atoms with Gasteiger partial charge in [0.25, 0.3) is 0 Å². The molecule has 3 nitrogen and oxygen atoms in total. The lowest BCUT2D eigenvalue weighted by molar-refractivity contribution is 0.190. The normalized spacial score (nSPS) is 12.2. The fourth-order valence-electron chi connectivity index (χ4n) is 1.80. The van der Waals surface area contributed by atoms with E-state index in [1.54, 1.807) is 19.3 Å². The monoisotopic (exact) mass is 277 g/mol. The van der Waals surface area contributed by atoms with Crippen molar-refractivity contribution in [2.24, 2.45) is 0 Å². The molecule has 0 aliphatic carbocycles. The molecule has 100 valence electrons. The predicted molar refractivity (Wildman–Crippen MR) is 75.4 cm³/mol. The van der Waals surface area contributed by atoms with Crippen LogP contribution in [0.5, 0.6) is 5.75 Å². The quantitative estimate of drug-likeness (QED) is 0.927. The smallest absolute Gasteiger partial charge is 0.125 e. The summed E-state index contributed by atoms with van der Waals surface area (Å²) in [6.07, 6.45) is 2.70. The van der Waals surface area contributed by atoms with Gasteiger partial charge >= 0.3 is 0 Å². The number of aliphatic hydroxyl groups is 1. The summed E-state index contributed by atoms with van der Waals surface area (Å²) in [6.45, 7) is 4.06. The van der Waals surface area contributed by atoms with Crippen LogP contribution in [-0.4, -0.2) is 10.1 Å². The summed E-state index contributed by atoms with van der Waals surface area (Å²) in [5.74, 6) is 0.675. The van der Waals surface area contributed by atoms with E-state index in [1.165, 1.54) is 0 Å². The van der Waals surface area contributed by atoms with E-state index in [4.69, 9.17) is 16.3 Å². The molecule has 1 atom stereocenters. The highest BCUT2D eigenvalue weighted by atomic mass is 35.5. The van der Waals surface area contributed by atoms with Gasteiger partial charge in [-0.1, -0.05) is 23.2 Å². The van der Waals surface area contributed by atoms with Crippen molar-refractivity contribution in [2.75, 3.05) is 0 Å². The van der Waals surface area contributed by atoms with E-state index >= 15 is 0 Å². The summed E-state index contributed by atoms with van der Waals surface area (Å²) >= 11 is 6.03. The van der Waals surface area contributed by atoms with Crippen molar-refractivity contribution in [3.05, 3.63) is 58.4 Å². The zero-order valence-electron chi connectivity index (χ0n) is 10.9. The van der Waals surface area contributed by atoms with Crippen LogP contribution in [0.25, 0.3) is 0 Å². The number of ether oxygens (including phenoxy) is 1. The highest BCUT2D eigenvalue weighted by Crippen LogP contribution is 2.27. The fourth-order valence-corrected chi connectivity index (χ4v) is 1.98. The van der Waals surface area contributed by atoms with E-state index < -0.39 is 6.10 Å². The zero-order valence-corrected chi connectivity index (χ0v) is 11.7. The van der Waals surface area contributed by atoms with E-state index in [-0.39, 0.29) is 0 Å². The van der Waals surface area contributed by atoms with Gasteiger partial charge < -0.3 is 9.84 Å². The summed E-state index contributed by atoms with van der Waals surface area (Å²) in [7, 11) is 0. The van der Waals surface area contributed by atoms with Crippen LogP contribution < -0.4 is 4.74 Å². The molecule has 0 unspecified atom stereocenters. The number of rotatable bonds is 4. The average Bonchev–Trinajstić information content (AvgIpc) is 2.38. The van der Waals surface area contributed by atoms with Crippen molar-refractivity contribution in [1.82, 2.24) is 4.98 Å². The summed E-state index contributed by atoms with van der Waals surface area (Å²) in [5, 5.41) is 10.3. The van der Waals surface area contributed by atoms with Crippen molar-refractivity contribution in [1.29, 1.82) is 0 Å². The maximum absolute atomic E-state index is 9.76. The Balaban J connectivity index is 2.18. The molecule has 4 heteroatoms. The third-order valence-corrected chi connectivity index (χ3v) is 3.20. The van der Waals surface area contributed by atoms with Gasteiger partial charge in [0.05, 0.1) is 11.1 Å². The minimum atomic E-state index is -0.567. The first-order chi connectivity index (χ1) is 9.08. The van der Waals surface area contributed by atoms with Crippen LogP contribution in [0.15, 0.2) is 36.7 Å². The van der Waals surface area contributed by atoms with E-state index in [2.05, 4.69) is 4.98 Å². The summed E-state index contributed by atoms with van der Waals surface area (Å²) < 4.78 is 5.75. The molecular weight excluding hydrogens is 262 g/mol. The average molecular weight is 278 g/mol. The standard InChI is InChI=1S/C15H16ClNO2/c1-10-3-4-15(13(7-10)11(2)18)19-9-12-5-6-17-8-14(12)16/h3-8,11,18H,9H2,1-2H3/t11-/m0/s1. The highest BCUT2D eigenvalue weighted by molar-refractivity contribution is 6.31. The lowest BCUT2D eigenvalue weighted by Crippen LogP contribution is -2.02. The lowest BCUT2D eigenvalue weighted by atomic mass is 10.1. The summed E-state index contributed by atoms with van der Waals surface area (Å²) in [5.41, 5.74) is 2.74. The third-order valence-electron chi connectivity index (χ3n) is 2.85. The molecule has 0 radical (unpaired) electrons. The van der Waals surface area contributed by atoms with Gasteiger partial charge in [0.15, 0.2) is 0 Å². The molecule has 1 N–H and O–H groups in total. The molecule has 0 spiro atoms. The van der Waals surface area contributed by atoms with Crippen molar-refractivity contribution < 1.29 is 9.84 Å². The molecule has 2 aromatic rings. The minimum Gasteiger partial charge on any atom is -0.488 e. The van der Waals surface area contributed by atoms with Gasteiger partial charge in [-0.05, 0) is 32.0 Å². The van der Waals surface area contributed by atoms with Crippen LogP contribution in [0.3, 0.4) is 0 Å². The van der Waals surface area contributed by atoms with E-state index in [9.17, 15) is 5.11 Å². The number of halogens is 1. The first-order valence-electron chi connectivity index (χ1n) is 6.07. The second kappa shape index (κ2) is 6.04. The van der Waals surface area contributed by atoms with Gasteiger partial charge in [0.2, 0.25) is 0 Å². The number of benzene rings is 1. The third kappa shape index (κ3) is 3.46. The van der Waals surface area contributed by atoms with Crippen molar-refractivity contribution in [3.63, 3.8) is 0 Å². The number of hydrogen-bond acceptors (Lipinski definition) is 3. The molecule has 1 heterocycles. The zero-order chi connectivity index (χ0) is 13.8. The number of hydrogen-bond donors (Lipinski definition) is 1. The van der Waals surface area contributed by atoms with Crippen LogP contribution >= 0.6 is 11.6 Å². The molecule has 1 aromatic carbocycles. The molecule has 19 heavy (non-hydrogen) atoms. The number of aromatic nitrogens is 1. The first-order valence-corrected chi connectivity index (χ1v) is 6.45. The Hall–Kier alpha value is -1.58. The second-order valence-electron chi connectivity index (χ2n) is 4.47. The van der Waals surface area contributed by atoms with Gasteiger partial charge in [-0.3, -0.25) is 4.98 Å². The first kappa shape index (κ1) is 13.8.